The second-order valence-electron chi connectivity index (χ2n) is 7.45. The van der Waals surface area contributed by atoms with Crippen LogP contribution in [0.15, 0.2) is 24.5 Å². The Morgan fingerprint density at radius 1 is 1.37 bits per heavy atom. The maximum Gasteiger partial charge on any atom is 0.405 e. The fourth-order valence-electron chi connectivity index (χ4n) is 3.13. The van der Waals surface area contributed by atoms with E-state index < -0.39 is 11.6 Å². The molecule has 0 fully saturated rings. The number of carboxylic acid groups (broad SMARTS) is 1. The Morgan fingerprint density at radius 2 is 2.07 bits per heavy atom. The highest BCUT2D eigenvalue weighted by Gasteiger charge is 2.29. The van der Waals surface area contributed by atoms with Crippen molar-refractivity contribution < 1.29 is 14.6 Å². The molecule has 0 saturated heterocycles. The van der Waals surface area contributed by atoms with Gasteiger partial charge in [0, 0.05) is 17.5 Å². The van der Waals surface area contributed by atoms with E-state index in [-0.39, 0.29) is 6.61 Å². The lowest BCUT2D eigenvalue weighted by Crippen LogP contribution is -2.50. The Bertz CT molecular complexity index is 826. The largest absolute Gasteiger partial charge is 0.488 e. The SMILES string of the molecule is Cc1nccc(-c2cc(Cl)c(OCC(C)(CC(C)C)NC(=O)O)cn2)c1C. The first kappa shape index (κ1) is 21.0. The Kier molecular flexibility index (Phi) is 6.65. The van der Waals surface area contributed by atoms with Gasteiger partial charge in [0.2, 0.25) is 0 Å². The summed E-state index contributed by atoms with van der Waals surface area (Å²) in [5.74, 6) is 0.727. The standard InChI is InChI=1S/C20H26ClN3O3/c1-12(2)9-20(5,24-19(25)26)11-27-18-10-23-17(8-16(18)21)15-6-7-22-14(4)13(15)3/h6-8,10,12,24H,9,11H2,1-5H3,(H,25,26). The summed E-state index contributed by atoms with van der Waals surface area (Å²) >= 11 is 6.39. The van der Waals surface area contributed by atoms with Crippen LogP contribution in [0.25, 0.3) is 11.3 Å². The zero-order valence-corrected chi connectivity index (χ0v) is 17.1. The quantitative estimate of drug-likeness (QED) is 0.703. The number of nitrogens with one attached hydrogen (secondary N) is 1. The van der Waals surface area contributed by atoms with Gasteiger partial charge in [0.1, 0.15) is 6.61 Å². The van der Waals surface area contributed by atoms with Gasteiger partial charge in [0.15, 0.2) is 5.75 Å². The molecule has 1 unspecified atom stereocenters. The molecule has 27 heavy (non-hydrogen) atoms. The van der Waals surface area contributed by atoms with Crippen LogP contribution in [-0.4, -0.2) is 33.3 Å². The molecule has 7 heteroatoms. The average molecular weight is 392 g/mol. The highest BCUT2D eigenvalue weighted by molar-refractivity contribution is 6.32. The molecule has 0 aliphatic heterocycles. The van der Waals surface area contributed by atoms with E-state index in [2.05, 4.69) is 15.3 Å². The van der Waals surface area contributed by atoms with Gasteiger partial charge in [-0.3, -0.25) is 9.97 Å². The van der Waals surface area contributed by atoms with Crippen LogP contribution in [-0.2, 0) is 0 Å². The molecule has 146 valence electrons. The van der Waals surface area contributed by atoms with Crippen LogP contribution in [0.4, 0.5) is 4.79 Å². The molecule has 0 aliphatic carbocycles. The Hall–Kier alpha value is -2.34. The molecule has 0 bridgehead atoms. The predicted octanol–water partition coefficient (Wildman–Crippen LogP) is 4.87. The maximum atomic E-state index is 11.1. The summed E-state index contributed by atoms with van der Waals surface area (Å²) in [5, 5.41) is 12.1. The first-order valence-electron chi connectivity index (χ1n) is 8.83. The number of carbonyl (C=O) groups is 1. The highest BCUT2D eigenvalue weighted by Crippen LogP contribution is 2.31. The molecule has 0 aromatic carbocycles. The van der Waals surface area contributed by atoms with Crippen molar-refractivity contribution in [1.82, 2.24) is 15.3 Å². The van der Waals surface area contributed by atoms with E-state index in [9.17, 15) is 4.79 Å². The molecule has 2 rings (SSSR count). The fraction of sp³-hybridized carbons (Fsp3) is 0.450. The number of nitrogens with zero attached hydrogens (tertiary/aromatic N) is 2. The molecular weight excluding hydrogens is 366 g/mol. The maximum absolute atomic E-state index is 11.1. The van der Waals surface area contributed by atoms with Crippen LogP contribution in [0.5, 0.6) is 5.75 Å². The minimum absolute atomic E-state index is 0.158. The third-order valence-corrected chi connectivity index (χ3v) is 4.66. The van der Waals surface area contributed by atoms with Crippen molar-refractivity contribution in [2.24, 2.45) is 5.92 Å². The van der Waals surface area contributed by atoms with Gasteiger partial charge in [-0.05, 0) is 50.8 Å². The third kappa shape index (κ3) is 5.57. The molecule has 0 radical (unpaired) electrons. The molecule has 2 aromatic heterocycles. The van der Waals surface area contributed by atoms with E-state index in [0.29, 0.717) is 23.1 Å². The van der Waals surface area contributed by atoms with Gasteiger partial charge in [-0.2, -0.15) is 0 Å². The van der Waals surface area contributed by atoms with Crippen molar-refractivity contribution in [3.8, 4) is 17.0 Å². The van der Waals surface area contributed by atoms with Crippen LogP contribution in [0, 0.1) is 19.8 Å². The van der Waals surface area contributed by atoms with E-state index in [1.807, 2.05) is 40.7 Å². The van der Waals surface area contributed by atoms with Crippen molar-refractivity contribution in [2.75, 3.05) is 6.61 Å². The molecule has 2 N–H and O–H groups in total. The number of aryl methyl sites for hydroxylation is 1. The van der Waals surface area contributed by atoms with Crippen LogP contribution in [0.2, 0.25) is 5.02 Å². The number of halogens is 1. The topological polar surface area (TPSA) is 84.3 Å². The Morgan fingerprint density at radius 3 is 2.67 bits per heavy atom. The molecule has 0 spiro atoms. The third-order valence-electron chi connectivity index (χ3n) is 4.37. The smallest absolute Gasteiger partial charge is 0.405 e. The van der Waals surface area contributed by atoms with Gasteiger partial charge in [0.25, 0.3) is 0 Å². The summed E-state index contributed by atoms with van der Waals surface area (Å²) < 4.78 is 5.82. The molecule has 2 heterocycles. The van der Waals surface area contributed by atoms with E-state index in [1.54, 1.807) is 18.5 Å². The van der Waals surface area contributed by atoms with Crippen LogP contribution in [0.1, 0.15) is 38.4 Å². The van der Waals surface area contributed by atoms with Crippen LogP contribution >= 0.6 is 11.6 Å². The second kappa shape index (κ2) is 8.57. The van der Waals surface area contributed by atoms with Crippen LogP contribution < -0.4 is 10.1 Å². The summed E-state index contributed by atoms with van der Waals surface area (Å²) in [5.41, 5.74) is 2.97. The van der Waals surface area contributed by atoms with Gasteiger partial charge in [-0.25, -0.2) is 4.79 Å². The summed E-state index contributed by atoms with van der Waals surface area (Å²) in [6.07, 6.45) is 2.87. The lowest BCUT2D eigenvalue weighted by atomic mass is 9.91. The zero-order chi connectivity index (χ0) is 20.2. The van der Waals surface area contributed by atoms with Gasteiger partial charge in [0.05, 0.1) is 22.5 Å². The molecule has 1 atom stereocenters. The van der Waals surface area contributed by atoms with Gasteiger partial charge in [-0.1, -0.05) is 25.4 Å². The minimum atomic E-state index is -1.08. The number of pyridine rings is 2. The van der Waals surface area contributed by atoms with E-state index in [1.165, 1.54) is 0 Å². The van der Waals surface area contributed by atoms with Crippen molar-refractivity contribution in [3.05, 3.63) is 40.8 Å². The number of aromatic nitrogens is 2. The first-order valence-corrected chi connectivity index (χ1v) is 9.21. The Balaban J connectivity index is 2.20. The lowest BCUT2D eigenvalue weighted by Gasteiger charge is -2.31. The van der Waals surface area contributed by atoms with Crippen LogP contribution in [0.3, 0.4) is 0 Å². The minimum Gasteiger partial charge on any atom is -0.488 e. The zero-order valence-electron chi connectivity index (χ0n) is 16.3. The summed E-state index contributed by atoms with van der Waals surface area (Å²) in [6.45, 7) is 9.98. The number of ether oxygens (including phenoxy) is 1. The monoisotopic (exact) mass is 391 g/mol. The Labute approximate surface area is 164 Å². The predicted molar refractivity (Wildman–Crippen MR) is 106 cm³/mol. The number of rotatable bonds is 7. The normalized spacial score (nSPS) is 13.3. The highest BCUT2D eigenvalue weighted by atomic mass is 35.5. The molecule has 2 aromatic rings. The molecule has 6 nitrogen and oxygen atoms in total. The van der Waals surface area contributed by atoms with Crippen molar-refractivity contribution in [1.29, 1.82) is 0 Å². The number of amides is 1. The summed E-state index contributed by atoms with van der Waals surface area (Å²) in [4.78, 5) is 19.9. The molecular formula is C20H26ClN3O3. The van der Waals surface area contributed by atoms with Gasteiger partial charge in [-0.15, -0.1) is 0 Å². The van der Waals surface area contributed by atoms with Crippen molar-refractivity contribution >= 4 is 17.7 Å². The fourth-order valence-corrected chi connectivity index (χ4v) is 3.34. The summed E-state index contributed by atoms with van der Waals surface area (Å²) in [6, 6.07) is 3.65. The van der Waals surface area contributed by atoms with Crippen molar-refractivity contribution in [2.45, 2.75) is 46.6 Å². The van der Waals surface area contributed by atoms with Gasteiger partial charge >= 0.3 is 6.09 Å². The molecule has 1 amide bonds. The van der Waals surface area contributed by atoms with Gasteiger partial charge < -0.3 is 15.2 Å². The molecule has 0 aliphatic rings. The average Bonchev–Trinajstić information content (AvgIpc) is 2.54. The van der Waals surface area contributed by atoms with Crippen molar-refractivity contribution in [3.63, 3.8) is 0 Å². The summed E-state index contributed by atoms with van der Waals surface area (Å²) in [7, 11) is 0. The van der Waals surface area contributed by atoms with E-state index in [4.69, 9.17) is 21.4 Å². The van der Waals surface area contributed by atoms with E-state index in [0.717, 1.165) is 22.5 Å². The second-order valence-corrected chi connectivity index (χ2v) is 7.85. The van der Waals surface area contributed by atoms with E-state index >= 15 is 0 Å². The molecule has 0 saturated carbocycles. The lowest BCUT2D eigenvalue weighted by molar-refractivity contribution is 0.143. The number of hydrogen-bond acceptors (Lipinski definition) is 4. The number of hydrogen-bond donors (Lipinski definition) is 2. The first-order chi connectivity index (χ1) is 12.6.